The van der Waals surface area contributed by atoms with Crippen LogP contribution in [0.5, 0.6) is 0 Å². The van der Waals surface area contributed by atoms with Gasteiger partial charge in [-0.2, -0.15) is 0 Å². The fraction of sp³-hybridized carbons (Fsp3) is 0.231. The lowest BCUT2D eigenvalue weighted by Gasteiger charge is -2.05. The summed E-state index contributed by atoms with van der Waals surface area (Å²) < 4.78 is 5.32. The van der Waals surface area contributed by atoms with Crippen molar-refractivity contribution in [2.75, 3.05) is 0 Å². The second-order valence-electron chi connectivity index (χ2n) is 4.34. The molecule has 0 aliphatic carbocycles. The molecule has 0 unspecified atom stereocenters. The van der Waals surface area contributed by atoms with E-state index < -0.39 is 0 Å². The van der Waals surface area contributed by atoms with Crippen LogP contribution in [0.2, 0.25) is 0 Å². The van der Waals surface area contributed by atoms with Gasteiger partial charge >= 0.3 is 0 Å². The van der Waals surface area contributed by atoms with Crippen molar-refractivity contribution in [3.63, 3.8) is 0 Å². The zero-order chi connectivity index (χ0) is 12.7. The van der Waals surface area contributed by atoms with Gasteiger partial charge in [-0.3, -0.25) is 0 Å². The number of aromatic nitrogens is 4. The smallest absolute Gasteiger partial charge is 0.152 e. The van der Waals surface area contributed by atoms with E-state index in [1.165, 1.54) is 10.9 Å². The molecule has 1 aromatic carbocycles. The Bertz CT molecular complexity index is 711. The van der Waals surface area contributed by atoms with Crippen molar-refractivity contribution in [2.45, 2.75) is 13.5 Å². The van der Waals surface area contributed by atoms with E-state index in [4.69, 9.17) is 0 Å². The molecule has 0 spiro atoms. The van der Waals surface area contributed by atoms with Gasteiger partial charge in [0.15, 0.2) is 5.82 Å². The minimum absolute atomic E-state index is 0.733. The van der Waals surface area contributed by atoms with E-state index in [-0.39, 0.29) is 0 Å². The molecular weight excluding hydrogens is 292 g/mol. The molecular formula is C13H13BrN4. The molecule has 0 saturated heterocycles. The van der Waals surface area contributed by atoms with E-state index in [2.05, 4.69) is 55.1 Å². The Hall–Kier alpha value is -1.62. The Morgan fingerprint density at radius 1 is 1.22 bits per heavy atom. The van der Waals surface area contributed by atoms with Crippen molar-refractivity contribution < 1.29 is 0 Å². The van der Waals surface area contributed by atoms with Gasteiger partial charge in [0.1, 0.15) is 5.82 Å². The van der Waals surface area contributed by atoms with E-state index in [0.29, 0.717) is 0 Å². The highest BCUT2D eigenvalue weighted by molar-refractivity contribution is 9.10. The van der Waals surface area contributed by atoms with Gasteiger partial charge in [0.25, 0.3) is 0 Å². The molecule has 2 aromatic heterocycles. The van der Waals surface area contributed by atoms with E-state index in [9.17, 15) is 0 Å². The Kier molecular flexibility index (Phi) is 2.70. The zero-order valence-electron chi connectivity index (χ0n) is 10.3. The van der Waals surface area contributed by atoms with Gasteiger partial charge in [-0.1, -0.05) is 22.0 Å². The highest BCUT2D eigenvalue weighted by Crippen LogP contribution is 2.25. The molecule has 2 heterocycles. The second kappa shape index (κ2) is 4.24. The second-order valence-corrected chi connectivity index (χ2v) is 5.19. The molecule has 0 radical (unpaired) electrons. The monoisotopic (exact) mass is 304 g/mol. The lowest BCUT2D eigenvalue weighted by molar-refractivity contribution is 0.708. The first-order valence-corrected chi connectivity index (χ1v) is 6.54. The third-order valence-electron chi connectivity index (χ3n) is 3.25. The van der Waals surface area contributed by atoms with Gasteiger partial charge in [-0.15, -0.1) is 10.2 Å². The fourth-order valence-electron chi connectivity index (χ4n) is 2.06. The standard InChI is InChI=1S/C13H13BrN4/c1-9-15-16-13(17(9)2)8-18-7-6-10-11(14)4-3-5-12(10)18/h3-7H,8H2,1-2H3. The van der Waals surface area contributed by atoms with Crippen LogP contribution in [0.4, 0.5) is 0 Å². The summed E-state index contributed by atoms with van der Waals surface area (Å²) in [5.41, 5.74) is 1.20. The molecule has 0 saturated carbocycles. The summed E-state index contributed by atoms with van der Waals surface area (Å²) >= 11 is 3.57. The van der Waals surface area contributed by atoms with Crippen LogP contribution in [0.15, 0.2) is 34.9 Å². The van der Waals surface area contributed by atoms with Crippen molar-refractivity contribution >= 4 is 26.8 Å². The predicted octanol–water partition coefficient (Wildman–Crippen LogP) is 2.89. The van der Waals surface area contributed by atoms with Crippen LogP contribution in [-0.2, 0) is 13.6 Å². The van der Waals surface area contributed by atoms with E-state index in [1.807, 2.05) is 24.6 Å². The molecule has 4 nitrogen and oxygen atoms in total. The summed E-state index contributed by atoms with van der Waals surface area (Å²) in [6.45, 7) is 2.69. The molecule has 0 bridgehead atoms. The number of nitrogens with zero attached hydrogens (tertiary/aromatic N) is 4. The minimum atomic E-state index is 0.733. The molecule has 0 atom stereocenters. The summed E-state index contributed by atoms with van der Waals surface area (Å²) in [5.74, 6) is 1.90. The number of halogens is 1. The fourth-order valence-corrected chi connectivity index (χ4v) is 2.55. The average molecular weight is 305 g/mol. The Morgan fingerprint density at radius 3 is 2.78 bits per heavy atom. The molecule has 0 aliphatic rings. The zero-order valence-corrected chi connectivity index (χ0v) is 11.8. The normalized spacial score (nSPS) is 11.3. The predicted molar refractivity (Wildman–Crippen MR) is 74.5 cm³/mol. The average Bonchev–Trinajstić information content (AvgIpc) is 2.90. The molecule has 0 aliphatic heterocycles. The van der Waals surface area contributed by atoms with Crippen LogP contribution in [0.1, 0.15) is 11.6 Å². The molecule has 0 N–H and O–H groups in total. The van der Waals surface area contributed by atoms with Gasteiger partial charge in [0.05, 0.1) is 6.54 Å². The molecule has 3 rings (SSSR count). The number of rotatable bonds is 2. The quantitative estimate of drug-likeness (QED) is 0.730. The first-order chi connectivity index (χ1) is 8.66. The first kappa shape index (κ1) is 11.5. The third kappa shape index (κ3) is 1.75. The molecule has 18 heavy (non-hydrogen) atoms. The maximum Gasteiger partial charge on any atom is 0.152 e. The molecule has 0 fully saturated rings. The van der Waals surface area contributed by atoms with Crippen molar-refractivity contribution in [1.29, 1.82) is 0 Å². The summed E-state index contributed by atoms with van der Waals surface area (Å²) in [7, 11) is 1.99. The maximum atomic E-state index is 4.20. The van der Waals surface area contributed by atoms with Crippen LogP contribution in [0.25, 0.3) is 10.9 Å². The number of hydrogen-bond donors (Lipinski definition) is 0. The van der Waals surface area contributed by atoms with Crippen LogP contribution in [-0.4, -0.2) is 19.3 Å². The highest BCUT2D eigenvalue weighted by atomic mass is 79.9. The van der Waals surface area contributed by atoms with E-state index >= 15 is 0 Å². The Labute approximate surface area is 113 Å². The first-order valence-electron chi connectivity index (χ1n) is 5.75. The van der Waals surface area contributed by atoms with Gasteiger partial charge in [0, 0.05) is 28.6 Å². The molecule has 3 aromatic rings. The van der Waals surface area contributed by atoms with Crippen LogP contribution < -0.4 is 0 Å². The summed E-state index contributed by atoms with van der Waals surface area (Å²) in [6.07, 6.45) is 2.08. The number of fused-ring (bicyclic) bond motifs is 1. The van der Waals surface area contributed by atoms with Crippen LogP contribution in [0.3, 0.4) is 0 Å². The Balaban J connectivity index is 2.06. The maximum absolute atomic E-state index is 4.20. The summed E-state index contributed by atoms with van der Waals surface area (Å²) in [6, 6.07) is 8.33. The van der Waals surface area contributed by atoms with E-state index in [0.717, 1.165) is 22.7 Å². The lowest BCUT2D eigenvalue weighted by Crippen LogP contribution is -2.05. The van der Waals surface area contributed by atoms with Crippen molar-refractivity contribution in [3.8, 4) is 0 Å². The minimum Gasteiger partial charge on any atom is -0.340 e. The third-order valence-corrected chi connectivity index (χ3v) is 3.95. The van der Waals surface area contributed by atoms with Crippen molar-refractivity contribution in [2.24, 2.45) is 7.05 Å². The van der Waals surface area contributed by atoms with Gasteiger partial charge < -0.3 is 9.13 Å². The summed E-state index contributed by atoms with van der Waals surface area (Å²) in [5, 5.41) is 9.50. The number of aryl methyl sites for hydroxylation is 1. The van der Waals surface area contributed by atoms with Crippen LogP contribution >= 0.6 is 15.9 Å². The van der Waals surface area contributed by atoms with Gasteiger partial charge in [-0.05, 0) is 25.1 Å². The molecule has 5 heteroatoms. The highest BCUT2D eigenvalue weighted by Gasteiger charge is 2.08. The topological polar surface area (TPSA) is 35.6 Å². The Morgan fingerprint density at radius 2 is 2.06 bits per heavy atom. The number of hydrogen-bond acceptors (Lipinski definition) is 2. The van der Waals surface area contributed by atoms with Crippen molar-refractivity contribution in [1.82, 2.24) is 19.3 Å². The van der Waals surface area contributed by atoms with Crippen LogP contribution in [0, 0.1) is 6.92 Å². The number of benzene rings is 1. The molecule has 92 valence electrons. The lowest BCUT2D eigenvalue weighted by atomic mass is 10.2. The van der Waals surface area contributed by atoms with E-state index in [1.54, 1.807) is 0 Å². The van der Waals surface area contributed by atoms with Gasteiger partial charge in [0.2, 0.25) is 0 Å². The SMILES string of the molecule is Cc1nnc(Cn2ccc3c(Br)cccc32)n1C. The molecule has 0 amide bonds. The van der Waals surface area contributed by atoms with Crippen molar-refractivity contribution in [3.05, 3.63) is 46.6 Å². The van der Waals surface area contributed by atoms with Gasteiger partial charge in [-0.25, -0.2) is 0 Å². The summed E-state index contributed by atoms with van der Waals surface area (Å²) in [4.78, 5) is 0. The largest absolute Gasteiger partial charge is 0.340 e.